The highest BCUT2D eigenvalue weighted by Crippen LogP contribution is 2.22. The molecule has 1 aliphatic rings. The van der Waals surface area contributed by atoms with Crippen LogP contribution in [-0.2, 0) is 19.1 Å². The van der Waals surface area contributed by atoms with Gasteiger partial charge in [0.15, 0.2) is 0 Å². The highest BCUT2D eigenvalue weighted by Gasteiger charge is 2.36. The lowest BCUT2D eigenvalue weighted by Crippen LogP contribution is -2.48. The Balaban J connectivity index is 2.23. The van der Waals surface area contributed by atoms with Crippen LogP contribution in [0.3, 0.4) is 0 Å². The summed E-state index contributed by atoms with van der Waals surface area (Å²) in [5.74, 6) is -3.14. The Morgan fingerprint density at radius 1 is 1.24 bits per heavy atom. The summed E-state index contributed by atoms with van der Waals surface area (Å²) in [6.45, 7) is 1.83. The number of ketones is 1. The molecule has 10 nitrogen and oxygen atoms in total. The van der Waals surface area contributed by atoms with E-state index in [4.69, 9.17) is 0 Å². The Labute approximate surface area is 167 Å². The van der Waals surface area contributed by atoms with Gasteiger partial charge < -0.3 is 20.7 Å². The minimum atomic E-state index is -1.20. The van der Waals surface area contributed by atoms with E-state index in [9.17, 15) is 24.0 Å². The fourth-order valence-electron chi connectivity index (χ4n) is 3.14. The molecule has 1 aliphatic heterocycles. The molecule has 1 aromatic rings. The van der Waals surface area contributed by atoms with Crippen LogP contribution in [0, 0.1) is 5.92 Å². The van der Waals surface area contributed by atoms with Gasteiger partial charge in [0.05, 0.1) is 24.4 Å². The molecule has 3 atom stereocenters. The molecular weight excluding hydrogens is 380 g/mol. The smallest absolute Gasteiger partial charge is 0.411 e. The van der Waals surface area contributed by atoms with Crippen molar-refractivity contribution in [2.75, 3.05) is 19.5 Å². The standard InChI is InChI=1S/C19H24N4O6/c1-10-8-11(16(25)21-10)9-14(15(24)18(27)20-2)22-17(26)12-6-4-5-7-13(12)23-19(28)29-3/h4-7,10-11,14H,8-9H2,1-3H3,(H,20,27)(H,21,25)(H,22,26)(H,23,28)/t10-,11+,14?/m1/s1. The normalized spacial score (nSPS) is 18.9. The molecule has 2 rings (SSSR count). The number of hydrogen-bond donors (Lipinski definition) is 4. The number of likely N-dealkylation sites (N-methyl/N-ethyl adjacent to an activating group) is 1. The van der Waals surface area contributed by atoms with Crippen molar-refractivity contribution in [2.24, 2.45) is 5.92 Å². The number of Topliss-reactive ketones (excluding diaryl/α,β-unsaturated/α-hetero) is 1. The molecule has 156 valence electrons. The summed E-state index contributed by atoms with van der Waals surface area (Å²) in [5, 5.41) is 9.92. The highest BCUT2D eigenvalue weighted by molar-refractivity contribution is 6.38. The zero-order valence-corrected chi connectivity index (χ0v) is 16.4. The zero-order chi connectivity index (χ0) is 21.6. The van der Waals surface area contributed by atoms with Crippen molar-refractivity contribution in [1.82, 2.24) is 16.0 Å². The van der Waals surface area contributed by atoms with Crippen molar-refractivity contribution >= 4 is 35.3 Å². The summed E-state index contributed by atoms with van der Waals surface area (Å²) in [4.78, 5) is 60.7. The van der Waals surface area contributed by atoms with Crippen molar-refractivity contribution in [2.45, 2.75) is 31.8 Å². The van der Waals surface area contributed by atoms with Crippen molar-refractivity contribution in [3.63, 3.8) is 0 Å². The summed E-state index contributed by atoms with van der Waals surface area (Å²) in [6, 6.07) is 4.89. The fraction of sp³-hybridized carbons (Fsp3) is 0.421. The lowest BCUT2D eigenvalue weighted by Gasteiger charge is -2.20. The first kappa shape index (κ1) is 21.9. The third kappa shape index (κ3) is 5.53. The molecule has 1 heterocycles. The number of carbonyl (C=O) groups is 5. The first-order valence-corrected chi connectivity index (χ1v) is 9.08. The van der Waals surface area contributed by atoms with E-state index < -0.39 is 35.7 Å². The average Bonchev–Trinajstić information content (AvgIpc) is 3.03. The van der Waals surface area contributed by atoms with Crippen LogP contribution in [0.15, 0.2) is 24.3 Å². The van der Waals surface area contributed by atoms with Gasteiger partial charge in [-0.15, -0.1) is 0 Å². The monoisotopic (exact) mass is 404 g/mol. The van der Waals surface area contributed by atoms with Crippen LogP contribution in [-0.4, -0.2) is 55.8 Å². The third-order valence-corrected chi connectivity index (χ3v) is 4.58. The molecule has 4 N–H and O–H groups in total. The number of anilines is 1. The van der Waals surface area contributed by atoms with Crippen LogP contribution in [0.1, 0.15) is 30.1 Å². The zero-order valence-electron chi connectivity index (χ0n) is 16.4. The van der Waals surface area contributed by atoms with Crippen LogP contribution in [0.25, 0.3) is 0 Å². The van der Waals surface area contributed by atoms with E-state index in [1.807, 2.05) is 6.92 Å². The molecule has 0 saturated carbocycles. The molecule has 0 aliphatic carbocycles. The molecule has 10 heteroatoms. The maximum atomic E-state index is 12.8. The Bertz CT molecular complexity index is 825. The summed E-state index contributed by atoms with van der Waals surface area (Å²) >= 11 is 0. The third-order valence-electron chi connectivity index (χ3n) is 4.58. The number of para-hydroxylation sites is 1. The number of carbonyl (C=O) groups excluding carboxylic acids is 5. The second kappa shape index (κ2) is 9.67. The summed E-state index contributed by atoms with van der Waals surface area (Å²) in [5.41, 5.74) is 0.257. The number of amides is 4. The van der Waals surface area contributed by atoms with Gasteiger partial charge in [-0.1, -0.05) is 12.1 Å². The minimum absolute atomic E-state index is 0.0131. The van der Waals surface area contributed by atoms with E-state index in [-0.39, 0.29) is 29.6 Å². The second-order valence-corrected chi connectivity index (χ2v) is 6.71. The first-order chi connectivity index (χ1) is 13.8. The molecule has 1 fully saturated rings. The van der Waals surface area contributed by atoms with E-state index in [2.05, 4.69) is 26.0 Å². The van der Waals surface area contributed by atoms with Gasteiger partial charge in [0.25, 0.3) is 11.8 Å². The number of ether oxygens (including phenoxy) is 1. The molecule has 1 saturated heterocycles. The quantitative estimate of drug-likeness (QED) is 0.478. The van der Waals surface area contributed by atoms with Gasteiger partial charge in [0, 0.05) is 19.0 Å². The molecular formula is C19H24N4O6. The number of benzene rings is 1. The van der Waals surface area contributed by atoms with Crippen LogP contribution in [0.5, 0.6) is 0 Å². The Kier molecular flexibility index (Phi) is 7.29. The van der Waals surface area contributed by atoms with E-state index in [1.54, 1.807) is 12.1 Å². The second-order valence-electron chi connectivity index (χ2n) is 6.71. The van der Waals surface area contributed by atoms with Crippen LogP contribution < -0.4 is 21.3 Å². The van der Waals surface area contributed by atoms with Crippen LogP contribution in [0.2, 0.25) is 0 Å². The maximum Gasteiger partial charge on any atom is 0.411 e. The van der Waals surface area contributed by atoms with Gasteiger partial charge in [-0.25, -0.2) is 4.79 Å². The average molecular weight is 404 g/mol. The number of hydrogen-bond acceptors (Lipinski definition) is 6. The van der Waals surface area contributed by atoms with Gasteiger partial charge in [-0.05, 0) is 31.9 Å². The molecule has 0 aromatic heterocycles. The minimum Gasteiger partial charge on any atom is -0.453 e. The lowest BCUT2D eigenvalue weighted by molar-refractivity contribution is -0.139. The van der Waals surface area contributed by atoms with Crippen molar-refractivity contribution < 1.29 is 28.7 Å². The Hall–Kier alpha value is -3.43. The molecule has 0 radical (unpaired) electrons. The predicted molar refractivity (Wildman–Crippen MR) is 103 cm³/mol. The summed E-state index contributed by atoms with van der Waals surface area (Å²) in [7, 11) is 2.49. The van der Waals surface area contributed by atoms with Crippen molar-refractivity contribution in [1.29, 1.82) is 0 Å². The number of methoxy groups -OCH3 is 1. The van der Waals surface area contributed by atoms with Gasteiger partial charge >= 0.3 is 6.09 Å². The highest BCUT2D eigenvalue weighted by atomic mass is 16.5. The van der Waals surface area contributed by atoms with Crippen molar-refractivity contribution in [3.05, 3.63) is 29.8 Å². The predicted octanol–water partition coefficient (Wildman–Crippen LogP) is 0.193. The lowest BCUT2D eigenvalue weighted by atomic mass is 9.93. The number of nitrogens with one attached hydrogen (secondary N) is 4. The van der Waals surface area contributed by atoms with Gasteiger partial charge in [-0.2, -0.15) is 0 Å². The molecule has 1 aromatic carbocycles. The summed E-state index contributed by atoms with van der Waals surface area (Å²) in [6.07, 6.45) is -0.284. The maximum absolute atomic E-state index is 12.8. The molecule has 1 unspecified atom stereocenters. The van der Waals surface area contributed by atoms with Crippen molar-refractivity contribution in [3.8, 4) is 0 Å². The van der Waals surface area contributed by atoms with Crippen LogP contribution in [0.4, 0.5) is 10.5 Å². The molecule has 0 bridgehead atoms. The number of rotatable bonds is 7. The summed E-state index contributed by atoms with van der Waals surface area (Å²) < 4.78 is 4.53. The van der Waals surface area contributed by atoms with Gasteiger partial charge in [0.1, 0.15) is 0 Å². The van der Waals surface area contributed by atoms with E-state index in [1.165, 1.54) is 26.3 Å². The van der Waals surface area contributed by atoms with E-state index in [0.717, 1.165) is 0 Å². The Morgan fingerprint density at radius 2 is 1.93 bits per heavy atom. The Morgan fingerprint density at radius 3 is 2.52 bits per heavy atom. The first-order valence-electron chi connectivity index (χ1n) is 9.08. The van der Waals surface area contributed by atoms with E-state index >= 15 is 0 Å². The van der Waals surface area contributed by atoms with Gasteiger partial charge in [0.2, 0.25) is 11.7 Å². The SMILES string of the molecule is CNC(=O)C(=O)C(C[C@@H]1C[C@@H](C)NC1=O)NC(=O)c1ccccc1NC(=O)OC. The van der Waals surface area contributed by atoms with Crippen LogP contribution >= 0.6 is 0 Å². The molecule has 4 amide bonds. The van der Waals surface area contributed by atoms with Gasteiger partial charge in [-0.3, -0.25) is 24.5 Å². The largest absolute Gasteiger partial charge is 0.453 e. The molecule has 0 spiro atoms. The molecule has 29 heavy (non-hydrogen) atoms. The topological polar surface area (TPSA) is 143 Å². The van der Waals surface area contributed by atoms with E-state index in [0.29, 0.717) is 6.42 Å². The fourth-order valence-corrected chi connectivity index (χ4v) is 3.14.